The van der Waals surface area contributed by atoms with Crippen LogP contribution in [0.3, 0.4) is 0 Å². The van der Waals surface area contributed by atoms with Crippen LogP contribution in [0, 0.1) is 5.41 Å². The van der Waals surface area contributed by atoms with Gasteiger partial charge in [-0.3, -0.25) is 4.68 Å². The first-order valence-corrected chi connectivity index (χ1v) is 10.9. The lowest BCUT2D eigenvalue weighted by atomic mass is 9.75. The monoisotopic (exact) mass is 408 g/mol. The summed E-state index contributed by atoms with van der Waals surface area (Å²) < 4.78 is 24.4. The summed E-state index contributed by atoms with van der Waals surface area (Å²) in [6, 6.07) is 0. The topological polar surface area (TPSA) is 76.8 Å². The number of hydrogen-bond donors (Lipinski definition) is 0. The molecule has 7 nitrogen and oxygen atoms in total. The van der Waals surface area contributed by atoms with Crippen molar-refractivity contribution in [1.82, 2.24) is 14.7 Å². The number of carbonyl (C=O) groups excluding carboxylic acids is 1. The molecule has 2 heterocycles. The van der Waals surface area contributed by atoms with Crippen LogP contribution in [0.1, 0.15) is 65.6 Å². The van der Waals surface area contributed by atoms with Crippen molar-refractivity contribution in [2.45, 2.75) is 71.2 Å². The molecule has 1 aliphatic heterocycles. The second-order valence-corrected chi connectivity index (χ2v) is 11.8. The number of rotatable bonds is 1. The van der Waals surface area contributed by atoms with Crippen LogP contribution in [-0.2, 0) is 29.2 Å². The van der Waals surface area contributed by atoms with Crippen LogP contribution in [-0.4, -0.2) is 54.1 Å². The van der Waals surface area contributed by atoms with Gasteiger partial charge in [-0.2, -0.15) is 9.50 Å². The quantitative estimate of drug-likeness (QED) is 0.715. The molecule has 28 heavy (non-hydrogen) atoms. The van der Waals surface area contributed by atoms with E-state index in [0.717, 1.165) is 36.2 Å². The third-order valence-corrected chi connectivity index (χ3v) is 6.63. The Morgan fingerprint density at radius 3 is 2.36 bits per heavy atom. The second kappa shape index (κ2) is 6.97. The summed E-state index contributed by atoms with van der Waals surface area (Å²) in [6.45, 7) is 12.6. The molecule has 0 saturated carbocycles. The number of piperidine rings is 1. The summed E-state index contributed by atoms with van der Waals surface area (Å²) in [7, 11) is 0.559. The number of hydrogen-bond acceptors (Lipinski definition) is 4. The van der Waals surface area contributed by atoms with Gasteiger partial charge in [0.2, 0.25) is 0 Å². The summed E-state index contributed by atoms with van der Waals surface area (Å²) in [5, 5.41) is 4.59. The lowest BCUT2D eigenvalue weighted by molar-refractivity contribution is 0.0158. The Bertz CT molecular complexity index is 821. The fourth-order valence-electron chi connectivity index (χ4n) is 3.78. The molecular formula is C20H32N4O3S. The first kappa shape index (κ1) is 21.0. The van der Waals surface area contributed by atoms with E-state index >= 15 is 0 Å². The van der Waals surface area contributed by atoms with Gasteiger partial charge in [0, 0.05) is 43.7 Å². The van der Waals surface area contributed by atoms with Gasteiger partial charge in [-0.05, 0) is 54.4 Å². The molecule has 0 bridgehead atoms. The molecule has 0 unspecified atom stereocenters. The Balaban J connectivity index is 1.85. The van der Waals surface area contributed by atoms with Gasteiger partial charge < -0.3 is 9.64 Å². The zero-order valence-corrected chi connectivity index (χ0v) is 18.9. The summed E-state index contributed by atoms with van der Waals surface area (Å²) >= 11 is 0. The zero-order chi connectivity index (χ0) is 20.9. The minimum Gasteiger partial charge on any atom is -0.444 e. The Kier molecular flexibility index (Phi) is 5.23. The van der Waals surface area contributed by atoms with Crippen molar-refractivity contribution >= 4 is 22.8 Å². The van der Waals surface area contributed by atoms with Crippen LogP contribution in [0.2, 0.25) is 0 Å². The van der Waals surface area contributed by atoms with Gasteiger partial charge in [0.15, 0.2) is 0 Å². The number of likely N-dealkylation sites (tertiary alicyclic amines) is 1. The molecule has 1 spiro atoms. The Labute approximate surface area is 170 Å². The normalized spacial score (nSPS) is 21.8. The third kappa shape index (κ3) is 4.16. The molecular weight excluding hydrogens is 376 g/mol. The van der Waals surface area contributed by atoms with Crippen LogP contribution in [0.4, 0.5) is 4.79 Å². The summed E-state index contributed by atoms with van der Waals surface area (Å²) in [6.07, 6.45) is 4.03. The van der Waals surface area contributed by atoms with E-state index in [0.29, 0.717) is 13.1 Å². The molecule has 1 aromatic rings. The fourth-order valence-corrected chi connectivity index (χ4v) is 4.51. The summed E-state index contributed by atoms with van der Waals surface area (Å²) in [4.78, 5) is 14.2. The van der Waals surface area contributed by atoms with Gasteiger partial charge in [0.25, 0.3) is 0 Å². The molecule has 8 heteroatoms. The van der Waals surface area contributed by atoms with Gasteiger partial charge >= 0.3 is 6.09 Å². The molecule has 0 N–H and O–H groups in total. The van der Waals surface area contributed by atoms with Crippen molar-refractivity contribution < 1.29 is 13.7 Å². The molecule has 1 amide bonds. The summed E-state index contributed by atoms with van der Waals surface area (Å²) in [5.41, 5.74) is 2.21. The average molecular weight is 409 g/mol. The Hall–Kier alpha value is -1.70. The first-order chi connectivity index (χ1) is 12.8. The van der Waals surface area contributed by atoms with Gasteiger partial charge in [0.1, 0.15) is 16.6 Å². The largest absolute Gasteiger partial charge is 0.444 e. The van der Waals surface area contributed by atoms with E-state index in [2.05, 4.69) is 5.10 Å². The van der Waals surface area contributed by atoms with Crippen LogP contribution < -0.4 is 0 Å². The van der Waals surface area contributed by atoms with E-state index in [4.69, 9.17) is 9.13 Å². The van der Waals surface area contributed by atoms with Crippen LogP contribution in [0.25, 0.3) is 0 Å². The second-order valence-electron chi connectivity index (χ2n) is 9.89. The smallest absolute Gasteiger partial charge is 0.410 e. The number of fused-ring (bicyclic) bond motifs is 1. The molecule has 2 aliphatic rings. The third-order valence-electron chi connectivity index (χ3n) is 5.24. The lowest BCUT2D eigenvalue weighted by Gasteiger charge is -2.40. The highest BCUT2D eigenvalue weighted by Gasteiger charge is 2.48. The summed E-state index contributed by atoms with van der Waals surface area (Å²) in [5.74, 6) is 0. The minimum atomic E-state index is -1.34. The minimum absolute atomic E-state index is 0.203. The number of ether oxygens (including phenoxy) is 1. The number of aromatic nitrogens is 2. The first-order valence-electron chi connectivity index (χ1n) is 9.83. The van der Waals surface area contributed by atoms with Crippen LogP contribution >= 0.6 is 0 Å². The predicted molar refractivity (Wildman–Crippen MR) is 111 cm³/mol. The molecule has 1 fully saturated rings. The van der Waals surface area contributed by atoms with E-state index in [1.165, 1.54) is 0 Å². The SMILES string of the molecule is Cn1cc2c(n1)CC1(CCN(C(=O)OC(C)(C)C)CC1)/C2=N\[S@](=O)C(C)(C)C. The van der Waals surface area contributed by atoms with Gasteiger partial charge in [0.05, 0.1) is 16.2 Å². The lowest BCUT2D eigenvalue weighted by Crippen LogP contribution is -2.47. The molecule has 1 atom stereocenters. The number of amides is 1. The maximum Gasteiger partial charge on any atom is 0.410 e. The van der Waals surface area contributed by atoms with Crippen molar-refractivity contribution in [3.8, 4) is 0 Å². The van der Waals surface area contributed by atoms with Gasteiger partial charge in [-0.1, -0.05) is 0 Å². The highest BCUT2D eigenvalue weighted by Crippen LogP contribution is 2.45. The van der Waals surface area contributed by atoms with Gasteiger partial charge in [-0.15, -0.1) is 0 Å². The van der Waals surface area contributed by atoms with Crippen molar-refractivity contribution in [1.29, 1.82) is 0 Å². The molecule has 156 valence electrons. The van der Waals surface area contributed by atoms with Crippen molar-refractivity contribution in [3.63, 3.8) is 0 Å². The van der Waals surface area contributed by atoms with Crippen molar-refractivity contribution in [2.24, 2.45) is 16.9 Å². The molecule has 0 radical (unpaired) electrons. The number of carbonyl (C=O) groups is 1. The molecule has 1 saturated heterocycles. The Morgan fingerprint density at radius 1 is 1.21 bits per heavy atom. The predicted octanol–water partition coefficient (Wildman–Crippen LogP) is 3.24. The molecule has 1 aromatic heterocycles. The number of aryl methyl sites for hydroxylation is 1. The standard InChI is InChI=1S/C20H32N4O3S/c1-18(2,3)27-17(25)24-10-8-20(9-11-24)12-15-14(13-23(7)21-15)16(20)22-28(26)19(4,5)6/h13H,8-12H2,1-7H3/b22-16-/t28-/m1/s1. The fraction of sp³-hybridized carbons (Fsp3) is 0.750. The zero-order valence-electron chi connectivity index (χ0n) is 18.0. The van der Waals surface area contributed by atoms with E-state index < -0.39 is 21.3 Å². The van der Waals surface area contributed by atoms with Crippen LogP contribution in [0.15, 0.2) is 10.6 Å². The molecule has 3 rings (SSSR count). The van der Waals surface area contributed by atoms with E-state index in [-0.39, 0.29) is 11.5 Å². The van der Waals surface area contributed by atoms with E-state index in [9.17, 15) is 9.00 Å². The van der Waals surface area contributed by atoms with E-state index in [1.807, 2.05) is 54.8 Å². The van der Waals surface area contributed by atoms with Crippen LogP contribution in [0.5, 0.6) is 0 Å². The number of nitrogens with zero attached hydrogens (tertiary/aromatic N) is 4. The Morgan fingerprint density at radius 2 is 1.82 bits per heavy atom. The molecule has 0 aromatic carbocycles. The maximum atomic E-state index is 12.8. The van der Waals surface area contributed by atoms with Crippen molar-refractivity contribution in [3.05, 3.63) is 17.5 Å². The van der Waals surface area contributed by atoms with Gasteiger partial charge in [-0.25, -0.2) is 9.00 Å². The molecule has 1 aliphatic carbocycles. The highest BCUT2D eigenvalue weighted by atomic mass is 32.2. The average Bonchev–Trinajstić information content (AvgIpc) is 3.00. The highest BCUT2D eigenvalue weighted by molar-refractivity contribution is 7.85. The maximum absolute atomic E-state index is 12.8. The van der Waals surface area contributed by atoms with E-state index in [1.54, 1.807) is 9.58 Å². The van der Waals surface area contributed by atoms with Crippen molar-refractivity contribution in [2.75, 3.05) is 13.1 Å².